The first-order valence-electron chi connectivity index (χ1n) is 9.45. The summed E-state index contributed by atoms with van der Waals surface area (Å²) < 4.78 is 43.4. The number of halogens is 1. The van der Waals surface area contributed by atoms with E-state index in [-0.39, 0.29) is 25.1 Å². The van der Waals surface area contributed by atoms with Crippen molar-refractivity contribution in [1.29, 1.82) is 0 Å². The Labute approximate surface area is 177 Å². The second kappa shape index (κ2) is 7.41. The van der Waals surface area contributed by atoms with E-state index in [1.54, 1.807) is 16.5 Å². The predicted molar refractivity (Wildman–Crippen MR) is 107 cm³/mol. The number of aromatic hydroxyl groups is 1. The average molecular weight is 452 g/mol. The normalized spacial score (nSPS) is 17.5. The third kappa shape index (κ3) is 3.76. The Balaban J connectivity index is 1.56. The van der Waals surface area contributed by atoms with Crippen LogP contribution in [0.1, 0.15) is 22.5 Å². The predicted octanol–water partition coefficient (Wildman–Crippen LogP) is 0.0221. The number of phenols is 1. The summed E-state index contributed by atoms with van der Waals surface area (Å²) in [6.07, 6.45) is 0.280. The average Bonchev–Trinajstić information content (AvgIpc) is 3.15. The first-order valence-corrected chi connectivity index (χ1v) is 10.9. The van der Waals surface area contributed by atoms with Gasteiger partial charge in [0.05, 0.1) is 24.5 Å². The molecule has 1 saturated heterocycles. The van der Waals surface area contributed by atoms with Crippen LogP contribution in [-0.4, -0.2) is 53.2 Å². The van der Waals surface area contributed by atoms with E-state index in [9.17, 15) is 23.1 Å². The molecule has 0 saturated carbocycles. The maximum absolute atomic E-state index is 15.3. The number of hydrogen-bond donors (Lipinski definition) is 3. The zero-order chi connectivity index (χ0) is 22.5. The fourth-order valence-corrected chi connectivity index (χ4v) is 4.96. The molecule has 3 amide bonds. The van der Waals surface area contributed by atoms with Crippen molar-refractivity contribution in [2.45, 2.75) is 26.4 Å². The highest BCUT2D eigenvalue weighted by atomic mass is 32.2. The molecule has 2 aliphatic rings. The van der Waals surface area contributed by atoms with Crippen molar-refractivity contribution in [2.75, 3.05) is 17.4 Å². The standard InChI is InChI=1S/C18H21FN6O5S/c1-10-5-12(23(2)21-10)7-20-18(28)24-4-3-11-6-14(26)17(16(19)13(11)8-24)25-9-15(27)22-31(25,29)30/h5-6,26H,3-4,7-9H2,1-2H3,(H,20,28)(H,22,27). The van der Waals surface area contributed by atoms with Crippen LogP contribution in [0.15, 0.2) is 12.1 Å². The maximum atomic E-state index is 15.3. The Morgan fingerprint density at radius 3 is 2.71 bits per heavy atom. The minimum Gasteiger partial charge on any atom is -0.506 e. The number of nitrogens with zero attached hydrogens (tertiary/aromatic N) is 4. The summed E-state index contributed by atoms with van der Waals surface area (Å²) in [5.74, 6) is -2.39. The first-order chi connectivity index (χ1) is 14.6. The Hall–Kier alpha value is -3.35. The SMILES string of the molecule is Cc1cc(CNC(=O)N2CCc3cc(O)c(N4CC(=O)NS4(=O)=O)c(F)c3C2)n(C)n1. The second-order valence-electron chi connectivity index (χ2n) is 7.46. The molecule has 2 aliphatic heterocycles. The molecule has 166 valence electrons. The summed E-state index contributed by atoms with van der Waals surface area (Å²) in [4.78, 5) is 25.5. The minimum atomic E-state index is -4.30. The molecule has 0 atom stereocenters. The molecule has 1 aromatic carbocycles. The fraction of sp³-hybridized carbons (Fsp3) is 0.389. The zero-order valence-corrected chi connectivity index (χ0v) is 17.7. The number of urea groups is 1. The lowest BCUT2D eigenvalue weighted by Gasteiger charge is -2.30. The van der Waals surface area contributed by atoms with Crippen LogP contribution in [0.3, 0.4) is 0 Å². The molecule has 1 aromatic heterocycles. The van der Waals surface area contributed by atoms with Gasteiger partial charge in [-0.25, -0.2) is 18.2 Å². The number of carbonyl (C=O) groups is 2. The van der Waals surface area contributed by atoms with Gasteiger partial charge in [0.1, 0.15) is 18.0 Å². The van der Waals surface area contributed by atoms with Crippen LogP contribution in [0, 0.1) is 12.7 Å². The molecule has 11 nitrogen and oxygen atoms in total. The molecule has 2 aromatic rings. The number of carbonyl (C=O) groups excluding carboxylic acids is 2. The topological polar surface area (TPSA) is 137 Å². The molecular weight excluding hydrogens is 431 g/mol. The maximum Gasteiger partial charge on any atom is 0.326 e. The van der Waals surface area contributed by atoms with Crippen LogP contribution in [0.5, 0.6) is 5.75 Å². The lowest BCUT2D eigenvalue weighted by molar-refractivity contribution is -0.117. The number of anilines is 1. The van der Waals surface area contributed by atoms with Crippen LogP contribution >= 0.6 is 0 Å². The number of rotatable bonds is 3. The molecule has 13 heteroatoms. The van der Waals surface area contributed by atoms with Crippen LogP contribution in [0.4, 0.5) is 14.9 Å². The van der Waals surface area contributed by atoms with E-state index in [0.717, 1.165) is 11.4 Å². The summed E-state index contributed by atoms with van der Waals surface area (Å²) >= 11 is 0. The molecule has 0 aliphatic carbocycles. The number of phenolic OH excluding ortho intramolecular Hbond substituents is 1. The molecule has 0 bridgehead atoms. The molecule has 0 radical (unpaired) electrons. The van der Waals surface area contributed by atoms with Crippen LogP contribution in [0.25, 0.3) is 0 Å². The number of nitrogens with one attached hydrogen (secondary N) is 2. The van der Waals surface area contributed by atoms with Gasteiger partial charge in [-0.3, -0.25) is 9.48 Å². The van der Waals surface area contributed by atoms with E-state index in [1.807, 2.05) is 13.0 Å². The van der Waals surface area contributed by atoms with E-state index >= 15 is 4.39 Å². The van der Waals surface area contributed by atoms with Crippen LogP contribution in [-0.2, 0) is 41.6 Å². The summed E-state index contributed by atoms with van der Waals surface area (Å²) in [7, 11) is -2.53. The summed E-state index contributed by atoms with van der Waals surface area (Å²) in [6.45, 7) is 1.62. The number of aryl methyl sites for hydroxylation is 2. The number of benzene rings is 1. The zero-order valence-electron chi connectivity index (χ0n) is 16.8. The number of aromatic nitrogens is 2. The Morgan fingerprint density at radius 2 is 2.10 bits per heavy atom. The molecule has 0 spiro atoms. The molecule has 1 fully saturated rings. The third-order valence-corrected chi connectivity index (χ3v) is 6.67. The Kier molecular flexibility index (Phi) is 5.00. The third-order valence-electron chi connectivity index (χ3n) is 5.29. The number of hydrogen-bond acceptors (Lipinski definition) is 6. The smallest absolute Gasteiger partial charge is 0.326 e. The quantitative estimate of drug-likeness (QED) is 0.601. The highest BCUT2D eigenvalue weighted by molar-refractivity contribution is 7.92. The molecule has 0 unspecified atom stereocenters. The lowest BCUT2D eigenvalue weighted by atomic mass is 9.97. The van der Waals surface area contributed by atoms with E-state index in [0.29, 0.717) is 16.4 Å². The molecule has 31 heavy (non-hydrogen) atoms. The monoisotopic (exact) mass is 452 g/mol. The van der Waals surface area contributed by atoms with Gasteiger partial charge in [-0.15, -0.1) is 0 Å². The van der Waals surface area contributed by atoms with Crippen molar-refractivity contribution in [2.24, 2.45) is 7.05 Å². The summed E-state index contributed by atoms with van der Waals surface area (Å²) in [5, 5.41) is 17.2. The summed E-state index contributed by atoms with van der Waals surface area (Å²) in [5.41, 5.74) is 1.58. The van der Waals surface area contributed by atoms with Gasteiger partial charge in [0, 0.05) is 19.2 Å². The molecule has 3 heterocycles. The second-order valence-corrected chi connectivity index (χ2v) is 9.06. The Morgan fingerprint density at radius 1 is 1.35 bits per heavy atom. The number of amides is 3. The van der Waals surface area contributed by atoms with Gasteiger partial charge in [-0.05, 0) is 31.0 Å². The lowest BCUT2D eigenvalue weighted by Crippen LogP contribution is -2.43. The van der Waals surface area contributed by atoms with E-state index in [1.165, 1.54) is 11.0 Å². The highest BCUT2D eigenvalue weighted by Crippen LogP contribution is 2.39. The Bertz CT molecular complexity index is 1190. The van der Waals surface area contributed by atoms with E-state index < -0.39 is 45.9 Å². The van der Waals surface area contributed by atoms with Crippen molar-refractivity contribution >= 4 is 27.8 Å². The largest absolute Gasteiger partial charge is 0.506 e. The van der Waals surface area contributed by atoms with Crippen molar-refractivity contribution in [3.05, 3.63) is 40.5 Å². The van der Waals surface area contributed by atoms with Crippen molar-refractivity contribution < 1.29 is 27.5 Å². The summed E-state index contributed by atoms with van der Waals surface area (Å²) in [6, 6.07) is 2.70. The van der Waals surface area contributed by atoms with Gasteiger partial charge >= 0.3 is 16.2 Å². The van der Waals surface area contributed by atoms with Gasteiger partial charge in [0.25, 0.3) is 5.91 Å². The van der Waals surface area contributed by atoms with Gasteiger partial charge in [0.15, 0.2) is 5.82 Å². The van der Waals surface area contributed by atoms with Crippen LogP contribution < -0.4 is 14.3 Å². The van der Waals surface area contributed by atoms with Gasteiger partial charge in [-0.1, -0.05) is 0 Å². The van der Waals surface area contributed by atoms with Crippen LogP contribution in [0.2, 0.25) is 0 Å². The van der Waals surface area contributed by atoms with Crippen molar-refractivity contribution in [3.8, 4) is 5.75 Å². The van der Waals surface area contributed by atoms with Crippen molar-refractivity contribution in [3.63, 3.8) is 0 Å². The number of fused-ring (bicyclic) bond motifs is 1. The van der Waals surface area contributed by atoms with Gasteiger partial charge < -0.3 is 15.3 Å². The van der Waals surface area contributed by atoms with Gasteiger partial charge in [-0.2, -0.15) is 13.5 Å². The van der Waals surface area contributed by atoms with Crippen molar-refractivity contribution in [1.82, 2.24) is 24.7 Å². The fourth-order valence-electron chi connectivity index (χ4n) is 3.80. The van der Waals surface area contributed by atoms with Gasteiger partial charge in [0.2, 0.25) is 0 Å². The minimum absolute atomic E-state index is 0.0973. The first kappa shape index (κ1) is 20.9. The van der Waals surface area contributed by atoms with E-state index in [4.69, 9.17) is 0 Å². The van der Waals surface area contributed by atoms with E-state index in [2.05, 4.69) is 10.4 Å². The molecule has 3 N–H and O–H groups in total. The molecular formula is C18H21FN6O5S. The molecule has 4 rings (SSSR count). The highest BCUT2D eigenvalue weighted by Gasteiger charge is 2.39.